The number of hydrogen-bond donors (Lipinski definition) is 2. The molecule has 1 aromatic rings. The van der Waals surface area contributed by atoms with Crippen molar-refractivity contribution in [3.8, 4) is 0 Å². The summed E-state index contributed by atoms with van der Waals surface area (Å²) in [6.45, 7) is 4.61. The number of halogens is 3. The van der Waals surface area contributed by atoms with Crippen LogP contribution in [0.4, 0.5) is 24.5 Å². The van der Waals surface area contributed by atoms with E-state index in [0.29, 0.717) is 12.5 Å². The van der Waals surface area contributed by atoms with Crippen LogP contribution >= 0.6 is 0 Å². The number of rotatable bonds is 4. The van der Waals surface area contributed by atoms with Crippen molar-refractivity contribution in [2.45, 2.75) is 26.4 Å². The lowest BCUT2D eigenvalue weighted by Gasteiger charge is -2.14. The molecule has 17 heavy (non-hydrogen) atoms. The van der Waals surface area contributed by atoms with Crippen LogP contribution in [0.15, 0.2) is 12.3 Å². The lowest BCUT2D eigenvalue weighted by atomic mass is 10.1. The minimum absolute atomic E-state index is 0.223. The molecule has 0 saturated heterocycles. The Morgan fingerprint density at radius 3 is 2.65 bits per heavy atom. The maximum absolute atomic E-state index is 12.4. The van der Waals surface area contributed by atoms with Gasteiger partial charge in [0.15, 0.2) is 0 Å². The standard InChI is InChI=1S/C11H16F3N3/c1-3-7(2)5-16-9-4-10(11(12,13)14)17-6-8(9)15/h4,6-7H,3,5,15H2,1-2H3,(H,16,17). The lowest BCUT2D eigenvalue weighted by Crippen LogP contribution is -2.14. The molecule has 0 aliphatic heterocycles. The topological polar surface area (TPSA) is 50.9 Å². The minimum Gasteiger partial charge on any atom is -0.396 e. The van der Waals surface area contributed by atoms with Crippen molar-refractivity contribution in [1.29, 1.82) is 0 Å². The third kappa shape index (κ3) is 3.80. The van der Waals surface area contributed by atoms with Crippen molar-refractivity contribution >= 4 is 11.4 Å². The summed E-state index contributed by atoms with van der Waals surface area (Å²) in [6, 6.07) is 0.942. The molecule has 0 amide bonds. The Morgan fingerprint density at radius 1 is 1.47 bits per heavy atom. The SMILES string of the molecule is CCC(C)CNc1cc(C(F)(F)F)ncc1N. The molecule has 0 aliphatic carbocycles. The summed E-state index contributed by atoms with van der Waals surface area (Å²) in [6.07, 6.45) is -2.47. The van der Waals surface area contributed by atoms with Gasteiger partial charge in [-0.25, -0.2) is 4.98 Å². The molecule has 0 spiro atoms. The number of nitrogens with two attached hydrogens (primary N) is 1. The van der Waals surface area contributed by atoms with Crippen molar-refractivity contribution in [1.82, 2.24) is 4.98 Å². The molecule has 0 fully saturated rings. The number of nitrogens with zero attached hydrogens (tertiary/aromatic N) is 1. The summed E-state index contributed by atoms with van der Waals surface area (Å²) in [7, 11) is 0. The molecule has 0 radical (unpaired) electrons. The second-order valence-corrected chi connectivity index (χ2v) is 4.05. The minimum atomic E-state index is -4.44. The van der Waals surface area contributed by atoms with Crippen LogP contribution in [-0.4, -0.2) is 11.5 Å². The molecule has 6 heteroatoms. The Bertz CT molecular complexity index is 377. The van der Waals surface area contributed by atoms with E-state index in [1.165, 1.54) is 0 Å². The Hall–Kier alpha value is -1.46. The van der Waals surface area contributed by atoms with E-state index < -0.39 is 11.9 Å². The summed E-state index contributed by atoms with van der Waals surface area (Å²) < 4.78 is 37.3. The van der Waals surface area contributed by atoms with Gasteiger partial charge in [-0.3, -0.25) is 0 Å². The van der Waals surface area contributed by atoms with Crippen molar-refractivity contribution in [2.75, 3.05) is 17.6 Å². The quantitative estimate of drug-likeness (QED) is 0.859. The first-order valence-corrected chi connectivity index (χ1v) is 5.41. The fourth-order valence-electron chi connectivity index (χ4n) is 1.20. The van der Waals surface area contributed by atoms with E-state index in [2.05, 4.69) is 10.3 Å². The average Bonchev–Trinajstić information content (AvgIpc) is 2.26. The predicted molar refractivity (Wildman–Crippen MR) is 61.6 cm³/mol. The first-order chi connectivity index (χ1) is 7.84. The first-order valence-electron chi connectivity index (χ1n) is 5.41. The van der Waals surface area contributed by atoms with Gasteiger partial charge in [0.25, 0.3) is 0 Å². The van der Waals surface area contributed by atoms with Crippen molar-refractivity contribution < 1.29 is 13.2 Å². The smallest absolute Gasteiger partial charge is 0.396 e. The molecule has 1 unspecified atom stereocenters. The highest BCUT2D eigenvalue weighted by atomic mass is 19.4. The highest BCUT2D eigenvalue weighted by Gasteiger charge is 2.32. The van der Waals surface area contributed by atoms with E-state index in [4.69, 9.17) is 5.73 Å². The third-order valence-electron chi connectivity index (χ3n) is 2.56. The second kappa shape index (κ2) is 5.25. The molecule has 0 bridgehead atoms. The number of alkyl halides is 3. The Balaban J connectivity index is 2.84. The molecule has 1 atom stereocenters. The maximum atomic E-state index is 12.4. The molecule has 1 heterocycles. The maximum Gasteiger partial charge on any atom is 0.433 e. The van der Waals surface area contributed by atoms with Gasteiger partial charge in [-0.05, 0) is 12.0 Å². The molecular formula is C11H16F3N3. The summed E-state index contributed by atoms with van der Waals surface area (Å²) in [4.78, 5) is 3.27. The van der Waals surface area contributed by atoms with Gasteiger partial charge in [0.1, 0.15) is 5.69 Å². The zero-order chi connectivity index (χ0) is 13.1. The number of aromatic nitrogens is 1. The number of nitrogens with one attached hydrogen (secondary N) is 1. The van der Waals surface area contributed by atoms with E-state index in [0.717, 1.165) is 18.7 Å². The fourth-order valence-corrected chi connectivity index (χ4v) is 1.20. The van der Waals surface area contributed by atoms with Crippen LogP contribution in [0.5, 0.6) is 0 Å². The molecule has 96 valence electrons. The van der Waals surface area contributed by atoms with Crippen LogP contribution in [0.3, 0.4) is 0 Å². The van der Waals surface area contributed by atoms with Crippen LogP contribution in [0.25, 0.3) is 0 Å². The monoisotopic (exact) mass is 247 g/mol. The number of nitrogen functional groups attached to an aromatic ring is 1. The van der Waals surface area contributed by atoms with Gasteiger partial charge >= 0.3 is 6.18 Å². The van der Waals surface area contributed by atoms with Crippen LogP contribution in [-0.2, 0) is 6.18 Å². The van der Waals surface area contributed by atoms with Crippen LogP contribution in [0.1, 0.15) is 26.0 Å². The summed E-state index contributed by atoms with van der Waals surface area (Å²) >= 11 is 0. The van der Waals surface area contributed by atoms with Gasteiger partial charge in [-0.2, -0.15) is 13.2 Å². The summed E-state index contributed by atoms with van der Waals surface area (Å²) in [5, 5.41) is 2.91. The molecule has 3 nitrogen and oxygen atoms in total. The molecular weight excluding hydrogens is 231 g/mol. The largest absolute Gasteiger partial charge is 0.433 e. The normalized spacial score (nSPS) is 13.5. The van der Waals surface area contributed by atoms with Crippen LogP contribution in [0, 0.1) is 5.92 Å². The predicted octanol–water partition coefficient (Wildman–Crippen LogP) is 3.14. The molecule has 0 aromatic carbocycles. The lowest BCUT2D eigenvalue weighted by molar-refractivity contribution is -0.141. The van der Waals surface area contributed by atoms with E-state index in [1.54, 1.807) is 0 Å². The Labute approximate surface area is 98.2 Å². The van der Waals surface area contributed by atoms with Crippen LogP contribution < -0.4 is 11.1 Å². The van der Waals surface area contributed by atoms with E-state index in [-0.39, 0.29) is 11.4 Å². The zero-order valence-electron chi connectivity index (χ0n) is 9.80. The van der Waals surface area contributed by atoms with Crippen molar-refractivity contribution in [3.63, 3.8) is 0 Å². The highest BCUT2D eigenvalue weighted by Crippen LogP contribution is 2.31. The first kappa shape index (κ1) is 13.6. The second-order valence-electron chi connectivity index (χ2n) is 4.05. The molecule has 1 aromatic heterocycles. The van der Waals surface area contributed by atoms with Gasteiger partial charge in [0, 0.05) is 6.54 Å². The highest BCUT2D eigenvalue weighted by molar-refractivity contribution is 5.65. The van der Waals surface area contributed by atoms with Gasteiger partial charge in [0.2, 0.25) is 0 Å². The van der Waals surface area contributed by atoms with Gasteiger partial charge < -0.3 is 11.1 Å². The average molecular weight is 247 g/mol. The van der Waals surface area contributed by atoms with Crippen LogP contribution in [0.2, 0.25) is 0 Å². The molecule has 3 N–H and O–H groups in total. The number of anilines is 2. The van der Waals surface area contributed by atoms with E-state index in [1.807, 2.05) is 13.8 Å². The van der Waals surface area contributed by atoms with Gasteiger partial charge in [0.05, 0.1) is 17.6 Å². The fraction of sp³-hybridized carbons (Fsp3) is 0.545. The van der Waals surface area contributed by atoms with Gasteiger partial charge in [-0.15, -0.1) is 0 Å². The molecule has 0 saturated carbocycles. The van der Waals surface area contributed by atoms with E-state index in [9.17, 15) is 13.2 Å². The van der Waals surface area contributed by atoms with Gasteiger partial charge in [-0.1, -0.05) is 20.3 Å². The molecule has 1 rings (SSSR count). The summed E-state index contributed by atoms with van der Waals surface area (Å²) in [5.41, 5.74) is 5.14. The van der Waals surface area contributed by atoms with Crippen molar-refractivity contribution in [3.05, 3.63) is 18.0 Å². The zero-order valence-corrected chi connectivity index (χ0v) is 9.80. The van der Waals surface area contributed by atoms with E-state index >= 15 is 0 Å². The number of hydrogen-bond acceptors (Lipinski definition) is 3. The number of pyridine rings is 1. The van der Waals surface area contributed by atoms with Crippen molar-refractivity contribution in [2.24, 2.45) is 5.92 Å². The third-order valence-corrected chi connectivity index (χ3v) is 2.56. The Kier molecular flexibility index (Phi) is 4.20. The summed E-state index contributed by atoms with van der Waals surface area (Å²) in [5.74, 6) is 0.372. The molecule has 0 aliphatic rings. The Morgan fingerprint density at radius 2 is 2.12 bits per heavy atom.